The number of rotatable bonds is 6. The van der Waals surface area contributed by atoms with Gasteiger partial charge < -0.3 is 20.5 Å². The topological polar surface area (TPSA) is 61.4 Å². The molecule has 0 fully saturated rings. The van der Waals surface area contributed by atoms with Gasteiger partial charge in [0.05, 0.1) is 20.6 Å². The predicted molar refractivity (Wildman–Crippen MR) is 86.3 cm³/mol. The van der Waals surface area contributed by atoms with Crippen LogP contribution >= 0.6 is 12.2 Å². The molecule has 0 aliphatic carbocycles. The maximum Gasteiger partial charge on any atom is 0.253 e. The molecule has 0 saturated carbocycles. The van der Waals surface area contributed by atoms with E-state index in [0.717, 1.165) is 36.3 Å². The van der Waals surface area contributed by atoms with Crippen molar-refractivity contribution in [2.24, 2.45) is 0 Å². The summed E-state index contributed by atoms with van der Waals surface area (Å²) in [6, 6.07) is 1.97. The van der Waals surface area contributed by atoms with Gasteiger partial charge in [0.1, 0.15) is 0 Å². The first-order valence-corrected chi connectivity index (χ1v) is 7.31. The Morgan fingerprint density at radius 1 is 1.35 bits per heavy atom. The number of aryl methyl sites for hydroxylation is 2. The van der Waals surface area contributed by atoms with Gasteiger partial charge in [0.25, 0.3) is 5.56 Å². The summed E-state index contributed by atoms with van der Waals surface area (Å²) in [5, 5.41) is 6.83. The molecule has 20 heavy (non-hydrogen) atoms. The Balaban J connectivity index is 2.40. The second-order valence-corrected chi connectivity index (χ2v) is 5.77. The first kappa shape index (κ1) is 16.7. The molecule has 0 aromatic carbocycles. The summed E-state index contributed by atoms with van der Waals surface area (Å²) in [6.07, 6.45) is 1.06. The van der Waals surface area contributed by atoms with Crippen LogP contribution in [-0.4, -0.2) is 37.3 Å². The normalized spacial score (nSPS) is 10.7. The minimum absolute atomic E-state index is 0.0472. The van der Waals surface area contributed by atoms with Crippen molar-refractivity contribution >= 4 is 17.3 Å². The minimum Gasteiger partial charge on any atom is -0.363 e. The van der Waals surface area contributed by atoms with Crippen LogP contribution in [0.3, 0.4) is 0 Å². The maximum atomic E-state index is 11.8. The number of aromatic nitrogens is 1. The predicted octanol–water partition coefficient (Wildman–Crippen LogP) is -0.510. The van der Waals surface area contributed by atoms with E-state index in [4.69, 9.17) is 12.2 Å². The fourth-order valence-electron chi connectivity index (χ4n) is 1.98. The average molecular weight is 297 g/mol. The van der Waals surface area contributed by atoms with Crippen LogP contribution in [0, 0.1) is 13.8 Å². The zero-order valence-corrected chi connectivity index (χ0v) is 13.5. The molecule has 4 N–H and O–H groups in total. The van der Waals surface area contributed by atoms with Gasteiger partial charge in [-0.05, 0) is 37.7 Å². The number of nitrogens with one attached hydrogen (secondary N) is 4. The van der Waals surface area contributed by atoms with Crippen LogP contribution in [0.25, 0.3) is 0 Å². The van der Waals surface area contributed by atoms with E-state index in [0.29, 0.717) is 11.7 Å². The molecule has 0 amide bonds. The van der Waals surface area contributed by atoms with E-state index in [1.165, 1.54) is 4.90 Å². The van der Waals surface area contributed by atoms with E-state index in [9.17, 15) is 4.79 Å². The van der Waals surface area contributed by atoms with Crippen molar-refractivity contribution in [3.05, 3.63) is 33.2 Å². The standard InChI is InChI=1S/C14H24N4OS/c1-10-8-11(2)17-13(19)12(10)9-16-14(20)15-6-5-7-18(3)4/h8H,5-7,9H2,1-4H3,(H,17,19)(H2,15,16,20)/p+1. The highest BCUT2D eigenvalue weighted by molar-refractivity contribution is 7.80. The van der Waals surface area contributed by atoms with Gasteiger partial charge in [-0.1, -0.05) is 0 Å². The van der Waals surface area contributed by atoms with E-state index < -0.39 is 0 Å². The summed E-state index contributed by atoms with van der Waals surface area (Å²) >= 11 is 5.20. The van der Waals surface area contributed by atoms with Gasteiger partial charge in [-0.2, -0.15) is 0 Å². The molecular weight excluding hydrogens is 272 g/mol. The van der Waals surface area contributed by atoms with Crippen molar-refractivity contribution in [1.29, 1.82) is 0 Å². The largest absolute Gasteiger partial charge is 0.363 e. The number of quaternary nitrogens is 1. The van der Waals surface area contributed by atoms with E-state index in [2.05, 4.69) is 29.7 Å². The molecule has 1 aromatic heterocycles. The molecular formula is C14H25N4OS+. The number of thiocarbonyl (C=S) groups is 1. The number of hydrogen-bond acceptors (Lipinski definition) is 2. The van der Waals surface area contributed by atoms with Crippen molar-refractivity contribution in [1.82, 2.24) is 15.6 Å². The zero-order chi connectivity index (χ0) is 15.1. The van der Waals surface area contributed by atoms with Crippen LogP contribution in [0.4, 0.5) is 0 Å². The van der Waals surface area contributed by atoms with Gasteiger partial charge in [-0.3, -0.25) is 4.79 Å². The van der Waals surface area contributed by atoms with Gasteiger partial charge in [0.15, 0.2) is 5.11 Å². The number of H-pyrrole nitrogens is 1. The molecule has 0 saturated heterocycles. The van der Waals surface area contributed by atoms with Crippen LogP contribution in [0.5, 0.6) is 0 Å². The molecule has 1 rings (SSSR count). The Labute approximate surface area is 125 Å². The molecule has 0 radical (unpaired) electrons. The molecule has 5 nitrogen and oxygen atoms in total. The van der Waals surface area contributed by atoms with Crippen molar-refractivity contribution < 1.29 is 4.90 Å². The SMILES string of the molecule is Cc1cc(C)c(CNC(=S)NCCC[NH+](C)C)c(=O)[nH]1. The first-order valence-electron chi connectivity index (χ1n) is 6.90. The summed E-state index contributed by atoms with van der Waals surface area (Å²) in [5.41, 5.74) is 2.55. The fourth-order valence-corrected chi connectivity index (χ4v) is 2.15. The Bertz CT molecular complexity index is 510. The third-order valence-corrected chi connectivity index (χ3v) is 3.35. The molecule has 1 aromatic rings. The molecule has 6 heteroatoms. The first-order chi connectivity index (χ1) is 9.40. The van der Waals surface area contributed by atoms with Gasteiger partial charge in [-0.25, -0.2) is 0 Å². The summed E-state index contributed by atoms with van der Waals surface area (Å²) < 4.78 is 0. The van der Waals surface area contributed by atoms with Crippen molar-refractivity contribution in [2.45, 2.75) is 26.8 Å². The lowest BCUT2D eigenvalue weighted by molar-refractivity contribution is -0.858. The van der Waals surface area contributed by atoms with Crippen molar-refractivity contribution in [2.75, 3.05) is 27.2 Å². The molecule has 0 unspecified atom stereocenters. The van der Waals surface area contributed by atoms with Crippen molar-refractivity contribution in [3.8, 4) is 0 Å². The van der Waals surface area contributed by atoms with Crippen LogP contribution < -0.4 is 21.1 Å². The number of hydrogen-bond donors (Lipinski definition) is 4. The zero-order valence-electron chi connectivity index (χ0n) is 12.7. The van der Waals surface area contributed by atoms with E-state index in [1.54, 1.807) is 0 Å². The second-order valence-electron chi connectivity index (χ2n) is 5.36. The Morgan fingerprint density at radius 2 is 2.05 bits per heavy atom. The summed E-state index contributed by atoms with van der Waals surface area (Å²) in [4.78, 5) is 16.1. The molecule has 1 heterocycles. The van der Waals surface area contributed by atoms with Crippen LogP contribution in [0.15, 0.2) is 10.9 Å². The minimum atomic E-state index is -0.0472. The lowest BCUT2D eigenvalue weighted by Gasteiger charge is -2.12. The summed E-state index contributed by atoms with van der Waals surface area (Å²) in [7, 11) is 4.26. The molecule has 0 bridgehead atoms. The lowest BCUT2D eigenvalue weighted by atomic mass is 10.1. The molecule has 0 aliphatic rings. The van der Waals surface area contributed by atoms with Gasteiger partial charge in [0, 0.05) is 30.8 Å². The highest BCUT2D eigenvalue weighted by Crippen LogP contribution is 2.02. The quantitative estimate of drug-likeness (QED) is 0.422. The van der Waals surface area contributed by atoms with Gasteiger partial charge in [0.2, 0.25) is 0 Å². The highest BCUT2D eigenvalue weighted by Gasteiger charge is 2.05. The van der Waals surface area contributed by atoms with Crippen molar-refractivity contribution in [3.63, 3.8) is 0 Å². The highest BCUT2D eigenvalue weighted by atomic mass is 32.1. The van der Waals surface area contributed by atoms with Crippen LogP contribution in [0.2, 0.25) is 0 Å². The van der Waals surface area contributed by atoms with E-state index in [-0.39, 0.29) is 5.56 Å². The lowest BCUT2D eigenvalue weighted by Crippen LogP contribution is -3.05. The molecule has 0 aliphatic heterocycles. The third kappa shape index (κ3) is 5.71. The van der Waals surface area contributed by atoms with Crippen LogP contribution in [0.1, 0.15) is 23.2 Å². The third-order valence-electron chi connectivity index (χ3n) is 3.06. The smallest absolute Gasteiger partial charge is 0.253 e. The molecule has 0 spiro atoms. The summed E-state index contributed by atoms with van der Waals surface area (Å²) in [6.45, 7) is 6.22. The Hall–Kier alpha value is -1.40. The Kier molecular flexibility index (Phi) is 6.67. The van der Waals surface area contributed by atoms with Gasteiger partial charge >= 0.3 is 0 Å². The van der Waals surface area contributed by atoms with Gasteiger partial charge in [-0.15, -0.1) is 0 Å². The Morgan fingerprint density at radius 3 is 2.65 bits per heavy atom. The monoisotopic (exact) mass is 297 g/mol. The summed E-state index contributed by atoms with van der Waals surface area (Å²) in [5.74, 6) is 0. The maximum absolute atomic E-state index is 11.8. The number of pyridine rings is 1. The second kappa shape index (κ2) is 8.01. The fraction of sp³-hybridized carbons (Fsp3) is 0.571. The average Bonchev–Trinajstić information content (AvgIpc) is 2.33. The van der Waals surface area contributed by atoms with Crippen LogP contribution in [-0.2, 0) is 6.54 Å². The van der Waals surface area contributed by atoms with E-state index >= 15 is 0 Å². The number of aromatic amines is 1. The molecule has 112 valence electrons. The van der Waals surface area contributed by atoms with E-state index in [1.807, 2.05) is 19.9 Å². The molecule has 0 atom stereocenters.